The molecule has 2 aliphatic heterocycles. The van der Waals surface area contributed by atoms with Crippen molar-refractivity contribution >= 4 is 29.1 Å². The van der Waals surface area contributed by atoms with Crippen LogP contribution in [0.1, 0.15) is 36.8 Å². The van der Waals surface area contributed by atoms with Gasteiger partial charge in [-0.1, -0.05) is 59.6 Å². The van der Waals surface area contributed by atoms with Gasteiger partial charge in [0.2, 0.25) is 5.91 Å². The number of benzene rings is 2. The van der Waals surface area contributed by atoms with E-state index in [1.54, 1.807) is 0 Å². The van der Waals surface area contributed by atoms with Gasteiger partial charge in [-0.2, -0.15) is 0 Å². The lowest BCUT2D eigenvalue weighted by atomic mass is 9.74. The van der Waals surface area contributed by atoms with Gasteiger partial charge in [0.1, 0.15) is 0 Å². The van der Waals surface area contributed by atoms with E-state index in [9.17, 15) is 4.79 Å². The highest BCUT2D eigenvalue weighted by atomic mass is 35.5. The lowest BCUT2D eigenvalue weighted by Gasteiger charge is -2.38. The van der Waals surface area contributed by atoms with E-state index in [0.29, 0.717) is 16.6 Å². The summed E-state index contributed by atoms with van der Waals surface area (Å²) in [5.74, 6) is 0.272. The first kappa shape index (κ1) is 22.6. The smallest absolute Gasteiger partial charge is 0.223 e. The molecule has 2 fully saturated rings. The van der Waals surface area contributed by atoms with E-state index in [0.717, 1.165) is 64.1 Å². The fraction of sp³-hybridized carbons (Fsp3) is 0.480. The van der Waals surface area contributed by atoms with Crippen molar-refractivity contribution in [1.82, 2.24) is 10.2 Å². The monoisotopic (exact) mass is 460 g/mol. The Balaban J connectivity index is 1.30. The van der Waals surface area contributed by atoms with Gasteiger partial charge in [-0.05, 0) is 62.0 Å². The molecule has 2 aromatic rings. The number of nitrogens with one attached hydrogen (secondary N) is 1. The number of halogens is 2. The fourth-order valence-electron chi connectivity index (χ4n) is 4.77. The van der Waals surface area contributed by atoms with Crippen molar-refractivity contribution in [2.45, 2.75) is 37.6 Å². The molecule has 2 saturated heterocycles. The van der Waals surface area contributed by atoms with Gasteiger partial charge in [0.25, 0.3) is 0 Å². The number of carbonyl (C=O) groups excluding carboxylic acids is 1. The predicted octanol–water partition coefficient (Wildman–Crippen LogP) is 5.07. The van der Waals surface area contributed by atoms with Gasteiger partial charge in [0, 0.05) is 37.6 Å². The van der Waals surface area contributed by atoms with Gasteiger partial charge in [-0.15, -0.1) is 0 Å². The molecule has 0 aliphatic carbocycles. The summed E-state index contributed by atoms with van der Waals surface area (Å²) < 4.78 is 5.61. The fourth-order valence-corrected chi connectivity index (χ4v) is 5.09. The molecule has 2 heterocycles. The number of piperidine rings is 1. The molecule has 2 aromatic carbocycles. The molecule has 4 nitrogen and oxygen atoms in total. The Kier molecular flexibility index (Phi) is 7.55. The predicted molar refractivity (Wildman–Crippen MR) is 126 cm³/mol. The molecule has 6 heteroatoms. The van der Waals surface area contributed by atoms with E-state index in [-0.39, 0.29) is 17.2 Å². The number of nitrogens with zero attached hydrogens (tertiary/aromatic N) is 1. The highest BCUT2D eigenvalue weighted by molar-refractivity contribution is 6.42. The summed E-state index contributed by atoms with van der Waals surface area (Å²) in [6.45, 7) is 4.84. The Morgan fingerprint density at radius 3 is 2.42 bits per heavy atom. The molecule has 0 saturated carbocycles. The van der Waals surface area contributed by atoms with Crippen molar-refractivity contribution in [3.8, 4) is 0 Å². The minimum atomic E-state index is -0.0241. The van der Waals surface area contributed by atoms with Gasteiger partial charge in [-0.25, -0.2) is 0 Å². The lowest BCUT2D eigenvalue weighted by Crippen LogP contribution is -2.47. The van der Waals surface area contributed by atoms with Crippen LogP contribution < -0.4 is 5.32 Å². The van der Waals surface area contributed by atoms with E-state index in [4.69, 9.17) is 27.9 Å². The average Bonchev–Trinajstić information content (AvgIpc) is 2.81. The van der Waals surface area contributed by atoms with E-state index in [1.165, 1.54) is 5.56 Å². The summed E-state index contributed by atoms with van der Waals surface area (Å²) in [5, 5.41) is 4.47. The molecule has 1 amide bonds. The maximum atomic E-state index is 13.0. The van der Waals surface area contributed by atoms with Gasteiger partial charge in [-0.3, -0.25) is 9.69 Å². The van der Waals surface area contributed by atoms with Crippen molar-refractivity contribution in [2.24, 2.45) is 5.92 Å². The van der Waals surface area contributed by atoms with Crippen LogP contribution in [0.3, 0.4) is 0 Å². The largest absolute Gasteiger partial charge is 0.381 e. The molecule has 4 rings (SSSR count). The molecule has 31 heavy (non-hydrogen) atoms. The minimum absolute atomic E-state index is 0.0241. The van der Waals surface area contributed by atoms with Crippen molar-refractivity contribution in [1.29, 1.82) is 0 Å². The molecule has 0 aromatic heterocycles. The zero-order chi connectivity index (χ0) is 21.7. The van der Waals surface area contributed by atoms with E-state index >= 15 is 0 Å². The van der Waals surface area contributed by atoms with Crippen LogP contribution in [0.25, 0.3) is 0 Å². The van der Waals surface area contributed by atoms with Crippen molar-refractivity contribution in [2.75, 3.05) is 32.8 Å². The summed E-state index contributed by atoms with van der Waals surface area (Å²) in [6, 6.07) is 16.4. The summed E-state index contributed by atoms with van der Waals surface area (Å²) in [7, 11) is 0. The lowest BCUT2D eigenvalue weighted by molar-refractivity contribution is -0.127. The number of carbonyl (C=O) groups is 1. The molecule has 0 bridgehead atoms. The zero-order valence-corrected chi connectivity index (χ0v) is 19.3. The van der Waals surface area contributed by atoms with Gasteiger partial charge >= 0.3 is 0 Å². The van der Waals surface area contributed by atoms with E-state index in [2.05, 4.69) is 34.5 Å². The maximum absolute atomic E-state index is 13.0. The second-order valence-corrected chi connectivity index (χ2v) is 9.59. The number of amides is 1. The average molecular weight is 461 g/mol. The highest BCUT2D eigenvalue weighted by Crippen LogP contribution is 2.34. The third kappa shape index (κ3) is 5.61. The number of rotatable bonds is 6. The van der Waals surface area contributed by atoms with Crippen molar-refractivity contribution < 1.29 is 9.53 Å². The SMILES string of the molecule is O=C(NCC1(c2ccccc2)CCOCC1)C1CCN(Cc2ccc(Cl)c(Cl)c2)CC1. The molecule has 0 unspecified atom stereocenters. The maximum Gasteiger partial charge on any atom is 0.223 e. The van der Waals surface area contributed by atoms with Crippen molar-refractivity contribution in [3.63, 3.8) is 0 Å². The Hall–Kier alpha value is -1.59. The molecule has 0 spiro atoms. The van der Waals surface area contributed by atoms with E-state index in [1.807, 2.05) is 24.3 Å². The second-order valence-electron chi connectivity index (χ2n) is 8.78. The number of likely N-dealkylation sites (tertiary alicyclic amines) is 1. The van der Waals surface area contributed by atoms with Crippen LogP contribution in [0.15, 0.2) is 48.5 Å². The van der Waals surface area contributed by atoms with Gasteiger partial charge in [0.15, 0.2) is 0 Å². The Morgan fingerprint density at radius 2 is 1.74 bits per heavy atom. The van der Waals surface area contributed by atoms with Crippen LogP contribution in [0, 0.1) is 5.92 Å². The molecular weight excluding hydrogens is 431 g/mol. The van der Waals surface area contributed by atoms with Crippen LogP contribution in [-0.2, 0) is 21.5 Å². The first-order valence-corrected chi connectivity index (χ1v) is 11.9. The van der Waals surface area contributed by atoms with Crippen LogP contribution in [0.4, 0.5) is 0 Å². The van der Waals surface area contributed by atoms with E-state index < -0.39 is 0 Å². The first-order valence-electron chi connectivity index (χ1n) is 11.1. The molecule has 166 valence electrons. The van der Waals surface area contributed by atoms with Crippen LogP contribution in [-0.4, -0.2) is 43.7 Å². The van der Waals surface area contributed by atoms with Crippen molar-refractivity contribution in [3.05, 3.63) is 69.7 Å². The Bertz CT molecular complexity index is 876. The number of ether oxygens (including phenoxy) is 1. The summed E-state index contributed by atoms with van der Waals surface area (Å²) in [5.41, 5.74) is 2.43. The standard InChI is InChI=1S/C25H30Cl2N2O2/c26-22-7-6-19(16-23(22)27)17-29-12-8-20(9-13-29)24(30)28-18-25(10-14-31-15-11-25)21-4-2-1-3-5-21/h1-7,16,20H,8-15,17-18H2,(H,28,30). The van der Waals surface area contributed by atoms with Crippen LogP contribution in [0.5, 0.6) is 0 Å². The van der Waals surface area contributed by atoms with Gasteiger partial charge in [0.05, 0.1) is 10.0 Å². The van der Waals surface area contributed by atoms with Gasteiger partial charge < -0.3 is 10.1 Å². The summed E-state index contributed by atoms with van der Waals surface area (Å²) in [6.07, 6.45) is 3.65. The van der Waals surface area contributed by atoms with Crippen LogP contribution >= 0.6 is 23.2 Å². The first-order chi connectivity index (χ1) is 15.1. The Morgan fingerprint density at radius 1 is 1.03 bits per heavy atom. The number of hydrogen-bond acceptors (Lipinski definition) is 3. The third-order valence-electron chi connectivity index (χ3n) is 6.79. The minimum Gasteiger partial charge on any atom is -0.381 e. The normalized spacial score (nSPS) is 19.8. The summed E-state index contributed by atoms with van der Waals surface area (Å²) >= 11 is 12.2. The van der Waals surface area contributed by atoms with Crippen LogP contribution in [0.2, 0.25) is 10.0 Å². The molecular formula is C25H30Cl2N2O2. The third-order valence-corrected chi connectivity index (χ3v) is 7.52. The zero-order valence-electron chi connectivity index (χ0n) is 17.8. The molecule has 2 aliphatic rings. The quantitative estimate of drug-likeness (QED) is 0.653. The second kappa shape index (κ2) is 10.4. The molecule has 0 radical (unpaired) electrons. The Labute approximate surface area is 194 Å². The highest BCUT2D eigenvalue weighted by Gasteiger charge is 2.35. The molecule has 0 atom stereocenters. The molecule has 1 N–H and O–H groups in total. The number of hydrogen-bond donors (Lipinski definition) is 1. The summed E-state index contributed by atoms with van der Waals surface area (Å²) in [4.78, 5) is 15.4. The topological polar surface area (TPSA) is 41.6 Å².